The predicted octanol–water partition coefficient (Wildman–Crippen LogP) is 8.78. The Balaban J connectivity index is 0.000000161. The topological polar surface area (TPSA) is 67.2 Å². The summed E-state index contributed by atoms with van der Waals surface area (Å²) in [7, 11) is 0. The SMILES string of the molecule is Fc1ccc(-n2c(-c3cccc(Cl)c3)n[nH]c2=S)cc1.Fc1ccc(-n2c(-c3cccc(Cl)c3)n[nH]c2=S)cc1. The normalized spacial score (nSPS) is 10.7. The van der Waals surface area contributed by atoms with E-state index in [1.54, 1.807) is 57.7 Å². The van der Waals surface area contributed by atoms with Gasteiger partial charge in [-0.2, -0.15) is 10.2 Å². The lowest BCUT2D eigenvalue weighted by molar-refractivity contribution is 0.627. The van der Waals surface area contributed by atoms with Gasteiger partial charge < -0.3 is 0 Å². The summed E-state index contributed by atoms with van der Waals surface area (Å²) in [4.78, 5) is 0. The standard InChI is InChI=1S/2C14H9ClFN3S/c2*15-10-3-1-2-9(8-10)13-17-18-14(20)19(13)12-6-4-11(16)5-7-12/h2*1-8H,(H,18,20). The molecule has 6 rings (SSSR count). The molecule has 6 nitrogen and oxygen atoms in total. The maximum Gasteiger partial charge on any atom is 0.200 e. The Morgan fingerprint density at radius 1 is 0.575 bits per heavy atom. The van der Waals surface area contributed by atoms with Crippen LogP contribution in [-0.2, 0) is 0 Å². The second-order valence-electron chi connectivity index (χ2n) is 8.35. The minimum atomic E-state index is -0.298. The Hall–Kier alpha value is -3.96. The monoisotopic (exact) mass is 610 g/mol. The number of hydrogen-bond donors (Lipinski definition) is 2. The van der Waals surface area contributed by atoms with Gasteiger partial charge in [0, 0.05) is 21.2 Å². The van der Waals surface area contributed by atoms with Crippen molar-refractivity contribution in [3.63, 3.8) is 0 Å². The summed E-state index contributed by atoms with van der Waals surface area (Å²) in [6, 6.07) is 26.7. The first-order chi connectivity index (χ1) is 19.3. The van der Waals surface area contributed by atoms with Crippen LogP contribution in [0, 0.1) is 21.2 Å². The van der Waals surface area contributed by atoms with Crippen molar-refractivity contribution in [3.8, 4) is 34.2 Å². The van der Waals surface area contributed by atoms with Gasteiger partial charge in [0.15, 0.2) is 21.2 Å². The average molecular weight is 612 g/mol. The molecule has 2 aromatic heterocycles. The zero-order chi connectivity index (χ0) is 28.2. The Morgan fingerprint density at radius 3 is 1.30 bits per heavy atom. The molecule has 0 atom stereocenters. The predicted molar refractivity (Wildman–Crippen MR) is 158 cm³/mol. The van der Waals surface area contributed by atoms with Gasteiger partial charge in [-0.15, -0.1) is 0 Å². The summed E-state index contributed by atoms with van der Waals surface area (Å²) in [5.74, 6) is 0.661. The summed E-state index contributed by atoms with van der Waals surface area (Å²) in [5, 5.41) is 15.2. The van der Waals surface area contributed by atoms with Crippen LogP contribution < -0.4 is 0 Å². The van der Waals surface area contributed by atoms with Crippen LogP contribution in [0.3, 0.4) is 0 Å². The Bertz CT molecular complexity index is 1750. The van der Waals surface area contributed by atoms with E-state index in [1.165, 1.54) is 24.3 Å². The van der Waals surface area contributed by atoms with Crippen molar-refractivity contribution in [2.75, 3.05) is 0 Å². The molecule has 6 aromatic rings. The smallest absolute Gasteiger partial charge is 0.200 e. The van der Waals surface area contributed by atoms with Crippen molar-refractivity contribution < 1.29 is 8.78 Å². The highest BCUT2D eigenvalue weighted by molar-refractivity contribution is 7.71. The van der Waals surface area contributed by atoms with E-state index in [4.69, 9.17) is 47.6 Å². The fraction of sp³-hybridized carbons (Fsp3) is 0. The van der Waals surface area contributed by atoms with Crippen LogP contribution in [0.15, 0.2) is 97.1 Å². The average Bonchev–Trinajstić information content (AvgIpc) is 3.52. The second-order valence-corrected chi connectivity index (χ2v) is 10.00. The van der Waals surface area contributed by atoms with Gasteiger partial charge in [0.05, 0.1) is 11.4 Å². The number of hydrogen-bond acceptors (Lipinski definition) is 4. The van der Waals surface area contributed by atoms with Crippen molar-refractivity contribution >= 4 is 47.6 Å². The fourth-order valence-corrected chi connectivity index (χ4v) is 4.75. The zero-order valence-electron chi connectivity index (χ0n) is 20.4. The molecule has 0 aliphatic carbocycles. The molecule has 4 aromatic carbocycles. The minimum Gasteiger partial charge on any atom is -0.268 e. The van der Waals surface area contributed by atoms with Crippen LogP contribution >= 0.6 is 47.6 Å². The van der Waals surface area contributed by atoms with Crippen molar-refractivity contribution in [3.05, 3.63) is 128 Å². The quantitative estimate of drug-likeness (QED) is 0.196. The lowest BCUT2D eigenvalue weighted by atomic mass is 10.2. The van der Waals surface area contributed by atoms with E-state index in [-0.39, 0.29) is 11.6 Å². The number of benzene rings is 4. The van der Waals surface area contributed by atoms with E-state index in [0.29, 0.717) is 31.2 Å². The summed E-state index contributed by atoms with van der Waals surface area (Å²) < 4.78 is 30.4. The molecule has 0 aliphatic rings. The van der Waals surface area contributed by atoms with Crippen molar-refractivity contribution in [1.29, 1.82) is 0 Å². The van der Waals surface area contributed by atoms with E-state index in [2.05, 4.69) is 20.4 Å². The number of rotatable bonds is 4. The van der Waals surface area contributed by atoms with Gasteiger partial charge >= 0.3 is 0 Å². The summed E-state index contributed by atoms with van der Waals surface area (Å²) in [6.45, 7) is 0. The Kier molecular flexibility index (Phi) is 8.32. The first-order valence-electron chi connectivity index (χ1n) is 11.7. The van der Waals surface area contributed by atoms with E-state index in [9.17, 15) is 8.78 Å². The van der Waals surface area contributed by atoms with Gasteiger partial charge in [0.2, 0.25) is 0 Å². The highest BCUT2D eigenvalue weighted by Crippen LogP contribution is 2.25. The molecule has 0 bridgehead atoms. The molecule has 2 heterocycles. The number of nitrogens with zero attached hydrogens (tertiary/aromatic N) is 4. The molecular weight excluding hydrogens is 593 g/mol. The zero-order valence-corrected chi connectivity index (χ0v) is 23.5. The molecule has 0 amide bonds. The number of halogens is 4. The van der Waals surface area contributed by atoms with Gasteiger partial charge in [0.25, 0.3) is 0 Å². The third kappa shape index (κ3) is 6.10. The van der Waals surface area contributed by atoms with E-state index in [0.717, 1.165) is 22.5 Å². The molecular formula is C28H18Cl2F2N6S2. The van der Waals surface area contributed by atoms with Crippen LogP contribution in [0.4, 0.5) is 8.78 Å². The van der Waals surface area contributed by atoms with E-state index >= 15 is 0 Å². The van der Waals surface area contributed by atoms with Gasteiger partial charge in [-0.05, 0) is 97.2 Å². The first-order valence-corrected chi connectivity index (χ1v) is 13.3. The molecule has 0 aliphatic heterocycles. The first kappa shape index (κ1) is 27.6. The van der Waals surface area contributed by atoms with Crippen molar-refractivity contribution in [2.24, 2.45) is 0 Å². The highest BCUT2D eigenvalue weighted by Gasteiger charge is 2.12. The molecule has 0 spiro atoms. The molecule has 0 radical (unpaired) electrons. The van der Waals surface area contributed by atoms with Crippen LogP contribution in [0.2, 0.25) is 10.0 Å². The number of aromatic amines is 2. The molecule has 12 heteroatoms. The molecule has 0 fully saturated rings. The second kappa shape index (κ2) is 12.1. The van der Waals surface area contributed by atoms with Gasteiger partial charge in [-0.25, -0.2) is 8.78 Å². The van der Waals surface area contributed by atoms with Gasteiger partial charge in [0.1, 0.15) is 11.6 Å². The minimum absolute atomic E-state index is 0.298. The van der Waals surface area contributed by atoms with E-state index in [1.807, 2.05) is 24.3 Å². The number of aromatic nitrogens is 6. The van der Waals surface area contributed by atoms with E-state index < -0.39 is 0 Å². The van der Waals surface area contributed by atoms with Crippen molar-refractivity contribution in [1.82, 2.24) is 29.5 Å². The Morgan fingerprint density at radius 2 is 0.950 bits per heavy atom. The molecule has 2 N–H and O–H groups in total. The summed E-state index contributed by atoms with van der Waals surface area (Å²) >= 11 is 22.5. The third-order valence-electron chi connectivity index (χ3n) is 5.68. The van der Waals surface area contributed by atoms with Crippen molar-refractivity contribution in [2.45, 2.75) is 0 Å². The largest absolute Gasteiger partial charge is 0.268 e. The van der Waals surface area contributed by atoms with Crippen LogP contribution in [0.5, 0.6) is 0 Å². The number of H-pyrrole nitrogens is 2. The lowest BCUT2D eigenvalue weighted by Gasteiger charge is -2.07. The van der Waals surface area contributed by atoms with Crippen LogP contribution in [0.25, 0.3) is 34.2 Å². The fourth-order valence-electron chi connectivity index (χ4n) is 3.90. The van der Waals surface area contributed by atoms with Crippen LogP contribution in [-0.4, -0.2) is 29.5 Å². The highest BCUT2D eigenvalue weighted by atomic mass is 35.5. The van der Waals surface area contributed by atoms with Crippen LogP contribution in [0.1, 0.15) is 0 Å². The number of nitrogens with one attached hydrogen (secondary N) is 2. The molecule has 40 heavy (non-hydrogen) atoms. The molecule has 200 valence electrons. The molecule has 0 saturated carbocycles. The summed E-state index contributed by atoms with van der Waals surface area (Å²) in [5.41, 5.74) is 3.13. The summed E-state index contributed by atoms with van der Waals surface area (Å²) in [6.07, 6.45) is 0. The Labute approximate surface area is 247 Å². The molecule has 0 saturated heterocycles. The van der Waals surface area contributed by atoms with Gasteiger partial charge in [-0.3, -0.25) is 19.3 Å². The maximum absolute atomic E-state index is 13.0. The lowest BCUT2D eigenvalue weighted by Crippen LogP contribution is -1.97. The third-order valence-corrected chi connectivity index (χ3v) is 6.70. The maximum atomic E-state index is 13.0. The van der Waals surface area contributed by atoms with Gasteiger partial charge in [-0.1, -0.05) is 47.5 Å². The molecule has 0 unspecified atom stereocenters.